The molecule has 0 spiro atoms. The Hall–Kier alpha value is -1.59. The minimum atomic E-state index is -0.381. The predicted octanol–water partition coefficient (Wildman–Crippen LogP) is 1.03. The summed E-state index contributed by atoms with van der Waals surface area (Å²) in [5, 5.41) is 3.17. The van der Waals surface area contributed by atoms with Gasteiger partial charge in [-0.05, 0) is 13.0 Å². The van der Waals surface area contributed by atoms with Crippen LogP contribution in [0.1, 0.15) is 12.5 Å². The first-order valence-corrected chi connectivity index (χ1v) is 7.00. The number of nitrogens with one attached hydrogen (secondary N) is 1. The average molecular weight is 278 g/mol. The van der Waals surface area contributed by atoms with Crippen molar-refractivity contribution in [1.82, 2.24) is 10.2 Å². The summed E-state index contributed by atoms with van der Waals surface area (Å²) >= 11 is 0. The van der Waals surface area contributed by atoms with Crippen molar-refractivity contribution < 1.29 is 14.3 Å². The maximum atomic E-state index is 12.3. The molecule has 1 amide bonds. The molecule has 1 aliphatic heterocycles. The number of likely N-dealkylation sites (N-methyl/N-ethyl adjacent to an activating group) is 1. The third-order valence-corrected chi connectivity index (χ3v) is 3.26. The standard InChI is InChI=1S/C15H22N2O3/c1-3-19-13-7-5-4-6-12(13)11-17(2)15(18)14-10-16-8-9-20-14/h4-7,14,16H,3,8-11H2,1-2H3/t14-/m0/s1. The van der Waals surface area contributed by atoms with Crippen molar-refractivity contribution in [3.05, 3.63) is 29.8 Å². The minimum Gasteiger partial charge on any atom is -0.494 e. The molecule has 0 radical (unpaired) electrons. The first-order valence-electron chi connectivity index (χ1n) is 7.00. The molecule has 0 unspecified atom stereocenters. The van der Waals surface area contributed by atoms with Gasteiger partial charge in [-0.1, -0.05) is 18.2 Å². The molecule has 110 valence electrons. The predicted molar refractivity (Wildman–Crippen MR) is 76.7 cm³/mol. The third kappa shape index (κ3) is 3.71. The van der Waals surface area contributed by atoms with Crippen LogP contribution in [-0.2, 0) is 16.1 Å². The molecule has 1 aromatic carbocycles. The van der Waals surface area contributed by atoms with Gasteiger partial charge in [-0.15, -0.1) is 0 Å². The molecule has 1 N–H and O–H groups in total. The smallest absolute Gasteiger partial charge is 0.253 e. The van der Waals surface area contributed by atoms with Crippen molar-refractivity contribution in [3.63, 3.8) is 0 Å². The number of nitrogens with zero attached hydrogens (tertiary/aromatic N) is 1. The van der Waals surface area contributed by atoms with Gasteiger partial charge >= 0.3 is 0 Å². The highest BCUT2D eigenvalue weighted by Crippen LogP contribution is 2.19. The van der Waals surface area contributed by atoms with Gasteiger partial charge in [0.1, 0.15) is 11.9 Å². The number of ether oxygens (including phenoxy) is 2. The van der Waals surface area contributed by atoms with Gasteiger partial charge in [-0.25, -0.2) is 0 Å². The van der Waals surface area contributed by atoms with Crippen molar-refractivity contribution in [1.29, 1.82) is 0 Å². The molecule has 0 aromatic heterocycles. The lowest BCUT2D eigenvalue weighted by molar-refractivity contribution is -0.144. The first-order chi connectivity index (χ1) is 9.72. The van der Waals surface area contributed by atoms with Crippen molar-refractivity contribution in [2.45, 2.75) is 19.6 Å². The Kier molecular flexibility index (Phi) is 5.38. The molecule has 20 heavy (non-hydrogen) atoms. The Labute approximate surface area is 119 Å². The van der Waals surface area contributed by atoms with Gasteiger partial charge < -0.3 is 19.7 Å². The van der Waals surface area contributed by atoms with Gasteiger partial charge in [0.25, 0.3) is 5.91 Å². The number of hydrogen-bond donors (Lipinski definition) is 1. The van der Waals surface area contributed by atoms with E-state index < -0.39 is 0 Å². The molecule has 2 rings (SSSR count). The zero-order valence-electron chi connectivity index (χ0n) is 12.1. The van der Waals surface area contributed by atoms with Gasteiger partial charge in [-0.3, -0.25) is 4.79 Å². The van der Waals surface area contributed by atoms with E-state index in [0.29, 0.717) is 26.3 Å². The summed E-state index contributed by atoms with van der Waals surface area (Å²) in [7, 11) is 1.79. The lowest BCUT2D eigenvalue weighted by Gasteiger charge is -2.27. The number of para-hydroxylation sites is 1. The van der Waals surface area contributed by atoms with Crippen LogP contribution in [0.15, 0.2) is 24.3 Å². The summed E-state index contributed by atoms with van der Waals surface area (Å²) in [6.07, 6.45) is -0.381. The van der Waals surface area contributed by atoms with E-state index in [1.807, 2.05) is 31.2 Å². The summed E-state index contributed by atoms with van der Waals surface area (Å²) in [6.45, 7) is 5.06. The Morgan fingerprint density at radius 1 is 1.50 bits per heavy atom. The monoisotopic (exact) mass is 278 g/mol. The second-order valence-electron chi connectivity index (χ2n) is 4.80. The minimum absolute atomic E-state index is 0.00324. The molecule has 5 heteroatoms. The third-order valence-electron chi connectivity index (χ3n) is 3.26. The van der Waals surface area contributed by atoms with Crippen molar-refractivity contribution >= 4 is 5.91 Å². The summed E-state index contributed by atoms with van der Waals surface area (Å²) < 4.78 is 11.1. The Bertz CT molecular complexity index is 444. The zero-order valence-corrected chi connectivity index (χ0v) is 12.1. The maximum absolute atomic E-state index is 12.3. The highest BCUT2D eigenvalue weighted by atomic mass is 16.5. The van der Waals surface area contributed by atoms with E-state index in [1.54, 1.807) is 11.9 Å². The lowest BCUT2D eigenvalue weighted by atomic mass is 10.1. The number of amides is 1. The van der Waals surface area contributed by atoms with Crippen LogP contribution in [0.25, 0.3) is 0 Å². The first kappa shape index (κ1) is 14.8. The van der Waals surface area contributed by atoms with Crippen molar-refractivity contribution in [2.75, 3.05) is 33.4 Å². The van der Waals surface area contributed by atoms with Crippen LogP contribution in [0.4, 0.5) is 0 Å². The molecular weight excluding hydrogens is 256 g/mol. The number of benzene rings is 1. The fourth-order valence-electron chi connectivity index (χ4n) is 2.23. The largest absolute Gasteiger partial charge is 0.494 e. The van der Waals surface area contributed by atoms with Crippen molar-refractivity contribution in [2.24, 2.45) is 0 Å². The molecule has 1 aliphatic rings. The van der Waals surface area contributed by atoms with Crippen LogP contribution < -0.4 is 10.1 Å². The molecule has 0 bridgehead atoms. The Morgan fingerprint density at radius 2 is 2.30 bits per heavy atom. The summed E-state index contributed by atoms with van der Waals surface area (Å²) in [5.41, 5.74) is 1.01. The van der Waals surface area contributed by atoms with Crippen LogP contribution in [0.2, 0.25) is 0 Å². The number of hydrogen-bond acceptors (Lipinski definition) is 4. The van der Waals surface area contributed by atoms with Crippen LogP contribution in [0.3, 0.4) is 0 Å². The summed E-state index contributed by atoms with van der Waals surface area (Å²) in [5.74, 6) is 0.834. The van der Waals surface area contributed by atoms with E-state index in [1.165, 1.54) is 0 Å². The normalized spacial score (nSPS) is 18.6. The van der Waals surface area contributed by atoms with Crippen LogP contribution in [0.5, 0.6) is 5.75 Å². The van der Waals surface area contributed by atoms with Gasteiger partial charge in [0.05, 0.1) is 13.2 Å². The zero-order chi connectivity index (χ0) is 14.4. The molecule has 5 nitrogen and oxygen atoms in total. The Morgan fingerprint density at radius 3 is 3.00 bits per heavy atom. The molecule has 1 fully saturated rings. The second-order valence-corrected chi connectivity index (χ2v) is 4.80. The molecule has 0 aliphatic carbocycles. The highest BCUT2D eigenvalue weighted by Gasteiger charge is 2.25. The van der Waals surface area contributed by atoms with E-state index in [9.17, 15) is 4.79 Å². The number of carbonyl (C=O) groups is 1. The van der Waals surface area contributed by atoms with E-state index in [-0.39, 0.29) is 12.0 Å². The van der Waals surface area contributed by atoms with Crippen LogP contribution in [0, 0.1) is 0 Å². The number of rotatable bonds is 5. The van der Waals surface area contributed by atoms with E-state index in [2.05, 4.69) is 5.32 Å². The highest BCUT2D eigenvalue weighted by molar-refractivity contribution is 5.81. The van der Waals surface area contributed by atoms with Gasteiger partial charge in [0.2, 0.25) is 0 Å². The van der Waals surface area contributed by atoms with Crippen molar-refractivity contribution in [3.8, 4) is 5.75 Å². The number of morpholine rings is 1. The maximum Gasteiger partial charge on any atom is 0.253 e. The van der Waals surface area contributed by atoms with E-state index >= 15 is 0 Å². The molecule has 0 saturated carbocycles. The quantitative estimate of drug-likeness (QED) is 0.874. The summed E-state index contributed by atoms with van der Waals surface area (Å²) in [6, 6.07) is 7.80. The fraction of sp³-hybridized carbons (Fsp3) is 0.533. The van der Waals surface area contributed by atoms with Crippen LogP contribution >= 0.6 is 0 Å². The lowest BCUT2D eigenvalue weighted by Crippen LogP contribution is -2.48. The SMILES string of the molecule is CCOc1ccccc1CN(C)C(=O)[C@@H]1CNCCO1. The van der Waals surface area contributed by atoms with Gasteiger partial charge in [0.15, 0.2) is 0 Å². The van der Waals surface area contributed by atoms with E-state index in [0.717, 1.165) is 17.9 Å². The fourth-order valence-corrected chi connectivity index (χ4v) is 2.23. The number of carbonyl (C=O) groups excluding carboxylic acids is 1. The van der Waals surface area contributed by atoms with Gasteiger partial charge in [0, 0.05) is 32.2 Å². The topological polar surface area (TPSA) is 50.8 Å². The molecule has 1 saturated heterocycles. The average Bonchev–Trinajstić information content (AvgIpc) is 2.49. The molecule has 1 heterocycles. The molecular formula is C15H22N2O3. The molecule has 1 aromatic rings. The van der Waals surface area contributed by atoms with Crippen LogP contribution in [-0.4, -0.2) is 50.3 Å². The second kappa shape index (κ2) is 7.26. The van der Waals surface area contributed by atoms with E-state index in [4.69, 9.17) is 9.47 Å². The van der Waals surface area contributed by atoms with Gasteiger partial charge in [-0.2, -0.15) is 0 Å². The Balaban J connectivity index is 1.99. The molecule has 1 atom stereocenters. The summed E-state index contributed by atoms with van der Waals surface area (Å²) in [4.78, 5) is 14.0.